The second-order valence-electron chi connectivity index (χ2n) is 6.72. The summed E-state index contributed by atoms with van der Waals surface area (Å²) in [6.45, 7) is 3.52. The molecule has 2 aromatic rings. The van der Waals surface area contributed by atoms with Crippen molar-refractivity contribution in [3.8, 4) is 0 Å². The standard InChI is InChI=1S/C16H17N5O.C2HF3O2/c22-16(14-7-17-5-6-18-14)21-10-12-8-20(9-13(12)11-21)15-3-1-2-4-19-15;3-2(4,5)1(6)7/h1-7,12-13H,8-11H2;(H,6,7)/t12-,13+;. The first kappa shape index (κ1) is 20.5. The van der Waals surface area contributed by atoms with Crippen LogP contribution >= 0.6 is 0 Å². The molecule has 0 saturated carbocycles. The Kier molecular flexibility index (Phi) is 5.95. The summed E-state index contributed by atoms with van der Waals surface area (Å²) in [6.07, 6.45) is 1.43. The van der Waals surface area contributed by atoms with E-state index in [1.165, 1.54) is 6.20 Å². The Morgan fingerprint density at radius 1 is 1.00 bits per heavy atom. The SMILES string of the molecule is O=C(O)C(F)(F)F.O=C(c1cnccn1)N1C[C@@H]2CN(c3ccccn3)C[C@@H]2C1. The first-order chi connectivity index (χ1) is 13.8. The minimum Gasteiger partial charge on any atom is -0.475 e. The second-order valence-corrected chi connectivity index (χ2v) is 6.72. The number of carboxylic acid groups (broad SMARTS) is 1. The van der Waals surface area contributed by atoms with Crippen LogP contribution in [0, 0.1) is 11.8 Å². The van der Waals surface area contributed by atoms with Crippen LogP contribution in [0.2, 0.25) is 0 Å². The lowest BCUT2D eigenvalue weighted by Crippen LogP contribution is -2.33. The van der Waals surface area contributed by atoms with Gasteiger partial charge in [-0.15, -0.1) is 0 Å². The van der Waals surface area contributed by atoms with E-state index < -0.39 is 12.1 Å². The molecule has 2 aliphatic rings. The van der Waals surface area contributed by atoms with Crippen molar-refractivity contribution in [1.29, 1.82) is 0 Å². The third-order valence-electron chi connectivity index (χ3n) is 4.77. The molecule has 2 aliphatic heterocycles. The number of alkyl halides is 3. The normalized spacial score (nSPS) is 20.7. The first-order valence-electron chi connectivity index (χ1n) is 8.77. The van der Waals surface area contributed by atoms with Gasteiger partial charge in [0.1, 0.15) is 11.5 Å². The third-order valence-corrected chi connectivity index (χ3v) is 4.77. The average Bonchev–Trinajstić information content (AvgIpc) is 3.28. The van der Waals surface area contributed by atoms with Crippen molar-refractivity contribution >= 4 is 17.7 Å². The molecule has 0 aromatic carbocycles. The van der Waals surface area contributed by atoms with E-state index in [4.69, 9.17) is 9.90 Å². The maximum absolute atomic E-state index is 12.4. The van der Waals surface area contributed by atoms with Crippen LogP contribution < -0.4 is 4.90 Å². The zero-order chi connectivity index (χ0) is 21.0. The third kappa shape index (κ3) is 4.98. The molecule has 8 nitrogen and oxygen atoms in total. The summed E-state index contributed by atoms with van der Waals surface area (Å²) < 4.78 is 31.7. The van der Waals surface area contributed by atoms with Crippen LogP contribution in [0.5, 0.6) is 0 Å². The van der Waals surface area contributed by atoms with Gasteiger partial charge in [-0.1, -0.05) is 6.07 Å². The van der Waals surface area contributed by atoms with Gasteiger partial charge < -0.3 is 14.9 Å². The highest BCUT2D eigenvalue weighted by molar-refractivity contribution is 5.92. The molecule has 2 saturated heterocycles. The van der Waals surface area contributed by atoms with Crippen LogP contribution in [-0.4, -0.2) is 69.2 Å². The van der Waals surface area contributed by atoms with Gasteiger partial charge in [0.05, 0.1) is 6.20 Å². The maximum Gasteiger partial charge on any atom is 0.490 e. The van der Waals surface area contributed by atoms with Crippen LogP contribution in [0.25, 0.3) is 0 Å². The molecule has 0 radical (unpaired) electrons. The molecule has 0 bridgehead atoms. The van der Waals surface area contributed by atoms with Crippen molar-refractivity contribution in [3.05, 3.63) is 48.7 Å². The van der Waals surface area contributed by atoms with Gasteiger partial charge in [0.15, 0.2) is 0 Å². The molecule has 1 amide bonds. The van der Waals surface area contributed by atoms with Crippen LogP contribution in [0.3, 0.4) is 0 Å². The zero-order valence-corrected chi connectivity index (χ0v) is 15.2. The molecule has 1 N–H and O–H groups in total. The van der Waals surface area contributed by atoms with Crippen molar-refractivity contribution in [2.45, 2.75) is 6.18 Å². The summed E-state index contributed by atoms with van der Waals surface area (Å²) in [5.74, 6) is -0.701. The lowest BCUT2D eigenvalue weighted by atomic mass is 10.0. The Balaban J connectivity index is 0.000000298. The number of amides is 1. The van der Waals surface area contributed by atoms with Gasteiger partial charge in [-0.25, -0.2) is 14.8 Å². The largest absolute Gasteiger partial charge is 0.490 e. The molecular formula is C18H18F3N5O3. The van der Waals surface area contributed by atoms with Gasteiger partial charge in [0.25, 0.3) is 5.91 Å². The lowest BCUT2D eigenvalue weighted by molar-refractivity contribution is -0.192. The van der Waals surface area contributed by atoms with Crippen molar-refractivity contribution in [1.82, 2.24) is 19.9 Å². The van der Waals surface area contributed by atoms with Gasteiger partial charge in [-0.2, -0.15) is 13.2 Å². The number of anilines is 1. The fraction of sp³-hybridized carbons (Fsp3) is 0.389. The van der Waals surface area contributed by atoms with E-state index in [1.807, 2.05) is 29.3 Å². The molecule has 154 valence electrons. The average molecular weight is 409 g/mol. The Bertz CT molecular complexity index is 837. The number of carbonyl (C=O) groups excluding carboxylic acids is 1. The number of likely N-dealkylation sites (tertiary alicyclic amines) is 1. The molecule has 0 spiro atoms. The van der Waals surface area contributed by atoms with Crippen molar-refractivity contribution < 1.29 is 27.9 Å². The number of aliphatic carboxylic acids is 1. The van der Waals surface area contributed by atoms with E-state index >= 15 is 0 Å². The monoisotopic (exact) mass is 409 g/mol. The van der Waals surface area contributed by atoms with Gasteiger partial charge in [-0.05, 0) is 12.1 Å². The number of nitrogens with zero attached hydrogens (tertiary/aromatic N) is 5. The molecular weight excluding hydrogens is 391 g/mol. The quantitative estimate of drug-likeness (QED) is 0.806. The van der Waals surface area contributed by atoms with Crippen LogP contribution in [0.15, 0.2) is 43.0 Å². The number of pyridine rings is 1. The maximum atomic E-state index is 12.4. The molecule has 29 heavy (non-hydrogen) atoms. The summed E-state index contributed by atoms with van der Waals surface area (Å²) in [5.41, 5.74) is 0.434. The molecule has 2 fully saturated rings. The van der Waals surface area contributed by atoms with Crippen LogP contribution in [0.1, 0.15) is 10.5 Å². The van der Waals surface area contributed by atoms with E-state index in [9.17, 15) is 18.0 Å². The Labute approximate surface area is 164 Å². The molecule has 2 aromatic heterocycles. The zero-order valence-electron chi connectivity index (χ0n) is 15.2. The Morgan fingerprint density at radius 3 is 2.14 bits per heavy atom. The number of aromatic nitrogens is 3. The summed E-state index contributed by atoms with van der Waals surface area (Å²) in [6, 6.07) is 5.99. The smallest absolute Gasteiger partial charge is 0.475 e. The number of hydrogen-bond acceptors (Lipinski definition) is 6. The lowest BCUT2D eigenvalue weighted by Gasteiger charge is -2.22. The molecule has 11 heteroatoms. The van der Waals surface area contributed by atoms with E-state index in [1.54, 1.807) is 12.4 Å². The van der Waals surface area contributed by atoms with Crippen molar-refractivity contribution in [2.24, 2.45) is 11.8 Å². The van der Waals surface area contributed by atoms with Crippen LogP contribution in [0.4, 0.5) is 19.0 Å². The predicted octanol–water partition coefficient (Wildman–Crippen LogP) is 1.71. The minimum atomic E-state index is -5.08. The molecule has 0 unspecified atom stereocenters. The Morgan fingerprint density at radius 2 is 1.66 bits per heavy atom. The fourth-order valence-corrected chi connectivity index (χ4v) is 3.46. The number of fused-ring (bicyclic) bond motifs is 1. The summed E-state index contributed by atoms with van der Waals surface area (Å²) in [4.78, 5) is 38.1. The van der Waals surface area contributed by atoms with E-state index in [2.05, 4.69) is 19.9 Å². The molecule has 4 rings (SSSR count). The topological polar surface area (TPSA) is 99.5 Å². The van der Waals surface area contributed by atoms with Crippen molar-refractivity contribution in [3.63, 3.8) is 0 Å². The number of halogens is 3. The predicted molar refractivity (Wildman–Crippen MR) is 95.1 cm³/mol. The number of rotatable bonds is 2. The highest BCUT2D eigenvalue weighted by Crippen LogP contribution is 2.33. The van der Waals surface area contributed by atoms with Gasteiger partial charge in [0, 0.05) is 56.6 Å². The second kappa shape index (κ2) is 8.41. The van der Waals surface area contributed by atoms with Gasteiger partial charge >= 0.3 is 12.1 Å². The number of hydrogen-bond donors (Lipinski definition) is 1. The molecule has 2 atom stereocenters. The number of carbonyl (C=O) groups is 2. The van der Waals surface area contributed by atoms with Crippen molar-refractivity contribution in [2.75, 3.05) is 31.1 Å². The molecule has 0 aliphatic carbocycles. The van der Waals surface area contributed by atoms with E-state index in [-0.39, 0.29) is 5.91 Å². The fourth-order valence-electron chi connectivity index (χ4n) is 3.46. The van der Waals surface area contributed by atoms with E-state index in [0.29, 0.717) is 17.5 Å². The van der Waals surface area contributed by atoms with Crippen LogP contribution in [-0.2, 0) is 4.79 Å². The van der Waals surface area contributed by atoms with E-state index in [0.717, 1.165) is 32.0 Å². The minimum absolute atomic E-state index is 0.00751. The van der Waals surface area contributed by atoms with Gasteiger partial charge in [-0.3, -0.25) is 9.78 Å². The first-order valence-corrected chi connectivity index (χ1v) is 8.77. The molecule has 4 heterocycles. The summed E-state index contributed by atoms with van der Waals surface area (Å²) >= 11 is 0. The van der Waals surface area contributed by atoms with Gasteiger partial charge in [0.2, 0.25) is 0 Å². The summed E-state index contributed by atoms with van der Waals surface area (Å²) in [7, 11) is 0. The highest BCUT2D eigenvalue weighted by Gasteiger charge is 2.42. The highest BCUT2D eigenvalue weighted by atomic mass is 19.4. The Hall–Kier alpha value is -3.24. The summed E-state index contributed by atoms with van der Waals surface area (Å²) in [5, 5.41) is 7.12. The number of carboxylic acids is 1.